The zero-order valence-corrected chi connectivity index (χ0v) is 16.1. The lowest BCUT2D eigenvalue weighted by atomic mass is 9.79. The Labute approximate surface area is 168 Å². The number of rotatable bonds is 4. The predicted molar refractivity (Wildman–Crippen MR) is 116 cm³/mol. The average molecular weight is 382 g/mol. The Morgan fingerprint density at radius 1 is 0.966 bits per heavy atom. The van der Waals surface area contributed by atoms with Crippen LogP contribution in [0.1, 0.15) is 34.3 Å². The van der Waals surface area contributed by atoms with Gasteiger partial charge >= 0.3 is 0 Å². The van der Waals surface area contributed by atoms with Crippen LogP contribution >= 0.6 is 0 Å². The maximum Gasteiger partial charge on any atom is 0.272 e. The largest absolute Gasteiger partial charge is 0.377 e. The van der Waals surface area contributed by atoms with E-state index in [2.05, 4.69) is 69.4 Å². The van der Waals surface area contributed by atoms with Crippen LogP contribution in [-0.2, 0) is 6.54 Å². The van der Waals surface area contributed by atoms with E-state index in [1.165, 1.54) is 16.7 Å². The summed E-state index contributed by atoms with van der Waals surface area (Å²) < 4.78 is 0. The van der Waals surface area contributed by atoms with E-state index in [0.29, 0.717) is 5.39 Å². The molecule has 0 amide bonds. The van der Waals surface area contributed by atoms with Crippen LogP contribution in [0.5, 0.6) is 0 Å². The van der Waals surface area contributed by atoms with Gasteiger partial charge in [-0.25, -0.2) is 5.10 Å². The minimum absolute atomic E-state index is 0.0116. The van der Waals surface area contributed by atoms with Crippen LogP contribution in [-0.4, -0.2) is 17.2 Å². The van der Waals surface area contributed by atoms with Crippen LogP contribution < -0.4 is 16.2 Å². The number of hydrogen-bond acceptors (Lipinski definition) is 4. The molecule has 5 nitrogen and oxygen atoms in total. The van der Waals surface area contributed by atoms with Crippen molar-refractivity contribution in [3.8, 4) is 0 Å². The van der Waals surface area contributed by atoms with Crippen LogP contribution in [0.15, 0.2) is 77.6 Å². The first-order valence-corrected chi connectivity index (χ1v) is 9.82. The smallest absolute Gasteiger partial charge is 0.272 e. The second-order valence-corrected chi connectivity index (χ2v) is 7.45. The first kappa shape index (κ1) is 17.6. The summed E-state index contributed by atoms with van der Waals surface area (Å²) in [5.41, 5.74) is 5.28. The summed E-state index contributed by atoms with van der Waals surface area (Å²) in [6.07, 6.45) is 0. The van der Waals surface area contributed by atoms with Gasteiger partial charge in [-0.1, -0.05) is 60.7 Å². The van der Waals surface area contributed by atoms with E-state index in [9.17, 15) is 4.79 Å². The van der Waals surface area contributed by atoms with Crippen molar-refractivity contribution in [2.45, 2.75) is 18.5 Å². The molecular formula is C24H22N4O. The summed E-state index contributed by atoms with van der Waals surface area (Å²) >= 11 is 0. The molecule has 5 rings (SSSR count). The lowest BCUT2D eigenvalue weighted by Crippen LogP contribution is -2.28. The molecule has 3 aromatic carbocycles. The molecule has 5 heteroatoms. The van der Waals surface area contributed by atoms with Crippen molar-refractivity contribution in [1.29, 1.82) is 0 Å². The van der Waals surface area contributed by atoms with Gasteiger partial charge in [0.1, 0.15) is 0 Å². The van der Waals surface area contributed by atoms with Crippen molar-refractivity contribution in [3.05, 3.63) is 106 Å². The quantitative estimate of drug-likeness (QED) is 0.500. The third kappa shape index (κ3) is 3.00. The van der Waals surface area contributed by atoms with E-state index in [0.717, 1.165) is 23.3 Å². The fraction of sp³-hybridized carbons (Fsp3) is 0.167. The van der Waals surface area contributed by atoms with Gasteiger partial charge in [0.05, 0.1) is 23.0 Å². The molecule has 0 fully saturated rings. The van der Waals surface area contributed by atoms with Crippen molar-refractivity contribution in [3.63, 3.8) is 0 Å². The Balaban J connectivity index is 1.77. The molecule has 1 aliphatic rings. The standard InChI is InChI=1S/C24H22N4O/c1-25-14-15-7-5-10-17(13-15)20-22(16-8-3-2-4-9-16)26-19-12-6-11-18-21(19)23(20)27-28-24(18)29/h2-13,20,22,25-26H,14H2,1H3,(H,28,29). The molecule has 2 unspecified atom stereocenters. The lowest BCUT2D eigenvalue weighted by molar-refractivity contribution is 0.637. The summed E-state index contributed by atoms with van der Waals surface area (Å²) in [5, 5.41) is 15.8. The van der Waals surface area contributed by atoms with Crippen molar-refractivity contribution < 1.29 is 0 Å². The van der Waals surface area contributed by atoms with E-state index < -0.39 is 0 Å². The number of nitrogens with one attached hydrogen (secondary N) is 3. The summed E-state index contributed by atoms with van der Waals surface area (Å²) in [4.78, 5) is 12.4. The molecule has 0 spiro atoms. The zero-order valence-electron chi connectivity index (χ0n) is 16.1. The first-order chi connectivity index (χ1) is 14.3. The fourth-order valence-electron chi connectivity index (χ4n) is 4.39. The number of aromatic nitrogens is 2. The maximum absolute atomic E-state index is 12.4. The minimum atomic E-state index is -0.159. The third-order valence-corrected chi connectivity index (χ3v) is 5.63. The molecule has 2 heterocycles. The molecule has 4 aromatic rings. The molecule has 29 heavy (non-hydrogen) atoms. The maximum atomic E-state index is 12.4. The topological polar surface area (TPSA) is 69.8 Å². The number of benzene rings is 3. The van der Waals surface area contributed by atoms with E-state index in [4.69, 9.17) is 0 Å². The van der Waals surface area contributed by atoms with Gasteiger partial charge in [-0.05, 0) is 35.9 Å². The predicted octanol–water partition coefficient (Wildman–Crippen LogP) is 3.94. The van der Waals surface area contributed by atoms with Crippen LogP contribution in [0, 0.1) is 0 Å². The highest BCUT2D eigenvalue weighted by Gasteiger charge is 2.34. The van der Waals surface area contributed by atoms with E-state index in [1.807, 2.05) is 31.3 Å². The normalized spacial score (nSPS) is 17.8. The van der Waals surface area contributed by atoms with Gasteiger partial charge in [0.2, 0.25) is 0 Å². The molecule has 0 saturated carbocycles. The summed E-state index contributed by atoms with van der Waals surface area (Å²) in [6.45, 7) is 0.801. The molecule has 144 valence electrons. The number of nitrogens with zero attached hydrogens (tertiary/aromatic N) is 1. The third-order valence-electron chi connectivity index (χ3n) is 5.63. The molecule has 2 atom stereocenters. The fourth-order valence-corrected chi connectivity index (χ4v) is 4.39. The van der Waals surface area contributed by atoms with Crippen molar-refractivity contribution >= 4 is 16.5 Å². The second kappa shape index (κ2) is 7.18. The Kier molecular flexibility index (Phi) is 4.37. The second-order valence-electron chi connectivity index (χ2n) is 7.45. The SMILES string of the molecule is CNCc1cccc(C2c3n[nH]c(=O)c4cccc(c34)NC2c2ccccc2)c1. The van der Waals surface area contributed by atoms with Crippen LogP contribution in [0.25, 0.3) is 10.8 Å². The average Bonchev–Trinajstić information content (AvgIpc) is 2.77. The molecule has 1 aliphatic heterocycles. The van der Waals surface area contributed by atoms with Gasteiger partial charge in [0, 0.05) is 17.6 Å². The van der Waals surface area contributed by atoms with E-state index in [1.54, 1.807) is 0 Å². The highest BCUT2D eigenvalue weighted by Crippen LogP contribution is 2.46. The Morgan fingerprint density at radius 3 is 2.59 bits per heavy atom. The number of hydrogen-bond donors (Lipinski definition) is 3. The van der Waals surface area contributed by atoms with Gasteiger partial charge in [0.15, 0.2) is 0 Å². The Morgan fingerprint density at radius 2 is 1.76 bits per heavy atom. The number of H-pyrrole nitrogens is 1. The number of anilines is 1. The summed E-state index contributed by atoms with van der Waals surface area (Å²) in [7, 11) is 1.95. The minimum Gasteiger partial charge on any atom is -0.377 e. The summed E-state index contributed by atoms with van der Waals surface area (Å²) in [6, 6.07) is 24.8. The van der Waals surface area contributed by atoms with Gasteiger partial charge < -0.3 is 10.6 Å². The lowest BCUT2D eigenvalue weighted by Gasteiger charge is -2.35. The molecule has 0 saturated heterocycles. The Bertz CT molecular complexity index is 1230. The van der Waals surface area contributed by atoms with Gasteiger partial charge in [-0.3, -0.25) is 4.79 Å². The zero-order chi connectivity index (χ0) is 19.8. The van der Waals surface area contributed by atoms with Crippen molar-refractivity contribution in [1.82, 2.24) is 15.5 Å². The van der Waals surface area contributed by atoms with Crippen molar-refractivity contribution in [2.24, 2.45) is 0 Å². The first-order valence-electron chi connectivity index (χ1n) is 9.82. The van der Waals surface area contributed by atoms with Crippen molar-refractivity contribution in [2.75, 3.05) is 12.4 Å². The monoisotopic (exact) mass is 382 g/mol. The van der Waals surface area contributed by atoms with Gasteiger partial charge in [-0.2, -0.15) is 5.10 Å². The number of aromatic amines is 1. The highest BCUT2D eigenvalue weighted by atomic mass is 16.1. The Hall–Kier alpha value is -3.44. The molecule has 0 aliphatic carbocycles. The molecule has 0 radical (unpaired) electrons. The van der Waals surface area contributed by atoms with E-state index in [-0.39, 0.29) is 17.5 Å². The highest BCUT2D eigenvalue weighted by molar-refractivity contribution is 5.97. The van der Waals surface area contributed by atoms with Gasteiger partial charge in [-0.15, -0.1) is 0 Å². The van der Waals surface area contributed by atoms with Crippen LogP contribution in [0.3, 0.4) is 0 Å². The molecule has 0 bridgehead atoms. The van der Waals surface area contributed by atoms with Crippen LogP contribution in [0.4, 0.5) is 5.69 Å². The summed E-state index contributed by atoms with van der Waals surface area (Å²) in [5.74, 6) is -0.0246. The molecular weight excluding hydrogens is 360 g/mol. The van der Waals surface area contributed by atoms with Gasteiger partial charge in [0.25, 0.3) is 5.56 Å². The molecule has 1 aromatic heterocycles. The van der Waals surface area contributed by atoms with E-state index >= 15 is 0 Å². The van der Waals surface area contributed by atoms with Crippen LogP contribution in [0.2, 0.25) is 0 Å². The molecule has 3 N–H and O–H groups in total.